The zero-order valence-electron chi connectivity index (χ0n) is 17.3. The highest BCUT2D eigenvalue weighted by atomic mass is 16.5. The number of ether oxygens (including phenoxy) is 1. The van der Waals surface area contributed by atoms with Gasteiger partial charge in [0.05, 0.1) is 6.10 Å². The van der Waals surface area contributed by atoms with E-state index in [1.807, 2.05) is 30.3 Å². The van der Waals surface area contributed by atoms with Gasteiger partial charge in [0.25, 0.3) is 0 Å². The van der Waals surface area contributed by atoms with E-state index in [2.05, 4.69) is 20.8 Å². The van der Waals surface area contributed by atoms with Crippen molar-refractivity contribution in [1.29, 1.82) is 0 Å². The monoisotopic (exact) mass is 384 g/mol. The maximum absolute atomic E-state index is 12.4. The Morgan fingerprint density at radius 3 is 2.57 bits per heavy atom. The van der Waals surface area contributed by atoms with Crippen molar-refractivity contribution in [3.05, 3.63) is 42.0 Å². The fourth-order valence-electron chi connectivity index (χ4n) is 5.37. The Bertz CT molecular complexity index is 738. The molecule has 0 unspecified atom stereocenters. The molecule has 4 heteroatoms. The molecule has 2 fully saturated rings. The fourth-order valence-corrected chi connectivity index (χ4v) is 5.37. The average Bonchev–Trinajstić information content (AvgIpc) is 3.23. The second kappa shape index (κ2) is 8.20. The molecule has 2 aliphatic rings. The zero-order chi connectivity index (χ0) is 20.5. The van der Waals surface area contributed by atoms with Gasteiger partial charge >= 0.3 is 5.97 Å². The van der Waals surface area contributed by atoms with Gasteiger partial charge in [-0.05, 0) is 54.6 Å². The Labute approximate surface area is 168 Å². The van der Waals surface area contributed by atoms with E-state index in [1.54, 1.807) is 13.0 Å². The van der Waals surface area contributed by atoms with Crippen molar-refractivity contribution in [3.8, 4) is 0 Å². The Morgan fingerprint density at radius 2 is 1.96 bits per heavy atom. The highest BCUT2D eigenvalue weighted by molar-refractivity contribution is 5.87. The third-order valence-corrected chi connectivity index (χ3v) is 6.82. The molecule has 2 saturated carbocycles. The lowest BCUT2D eigenvalue weighted by molar-refractivity contribution is -0.156. The van der Waals surface area contributed by atoms with Crippen LogP contribution in [0.5, 0.6) is 0 Å². The van der Waals surface area contributed by atoms with Gasteiger partial charge in [-0.1, -0.05) is 51.1 Å². The Hall–Kier alpha value is -1.94. The third-order valence-electron chi connectivity index (χ3n) is 6.82. The van der Waals surface area contributed by atoms with Gasteiger partial charge < -0.3 is 14.6 Å². The van der Waals surface area contributed by atoms with Crippen LogP contribution in [0.4, 0.5) is 0 Å². The van der Waals surface area contributed by atoms with Crippen molar-refractivity contribution in [2.24, 2.45) is 29.1 Å². The van der Waals surface area contributed by atoms with Gasteiger partial charge in [0, 0.05) is 18.4 Å². The van der Waals surface area contributed by atoms with Crippen molar-refractivity contribution >= 4 is 17.8 Å². The summed E-state index contributed by atoms with van der Waals surface area (Å²) in [5.41, 5.74) is 0.899. The molecule has 0 radical (unpaired) electrons. The molecule has 0 amide bonds. The van der Waals surface area contributed by atoms with Crippen molar-refractivity contribution in [2.75, 3.05) is 0 Å². The predicted molar refractivity (Wildman–Crippen MR) is 109 cm³/mol. The first-order valence-electron chi connectivity index (χ1n) is 10.3. The summed E-state index contributed by atoms with van der Waals surface area (Å²) in [5, 5.41) is 11.0. The highest BCUT2D eigenvalue weighted by Gasteiger charge is 2.69. The SMILES string of the molecule is CC(=O)CC[C@@H]1[C@H]2[C@H](O)[C@H](C(C)C)[C@H](OC(=O)C=Cc3ccccc3)C[C@]21C. The topological polar surface area (TPSA) is 63.6 Å². The number of esters is 1. The molecule has 1 N–H and O–H groups in total. The van der Waals surface area contributed by atoms with Crippen molar-refractivity contribution in [3.63, 3.8) is 0 Å². The minimum atomic E-state index is -0.494. The molecule has 3 rings (SSSR count). The Balaban J connectivity index is 1.70. The number of benzene rings is 1. The molecule has 0 aliphatic heterocycles. The largest absolute Gasteiger partial charge is 0.459 e. The van der Waals surface area contributed by atoms with Gasteiger partial charge in [0.15, 0.2) is 0 Å². The first-order chi connectivity index (χ1) is 13.2. The van der Waals surface area contributed by atoms with Crippen LogP contribution in [0, 0.1) is 29.1 Å². The molecule has 0 aromatic heterocycles. The molecule has 0 spiro atoms. The average molecular weight is 385 g/mol. The minimum Gasteiger partial charge on any atom is -0.459 e. The van der Waals surface area contributed by atoms with Gasteiger partial charge in [0.2, 0.25) is 0 Å². The zero-order valence-corrected chi connectivity index (χ0v) is 17.3. The number of ketones is 1. The summed E-state index contributed by atoms with van der Waals surface area (Å²) in [4.78, 5) is 23.8. The van der Waals surface area contributed by atoms with Gasteiger partial charge in [0.1, 0.15) is 11.9 Å². The summed E-state index contributed by atoms with van der Waals surface area (Å²) in [5.74, 6) is 0.495. The number of Topliss-reactive ketones (excluding diaryl/α,β-unsaturated/α-hetero) is 1. The van der Waals surface area contributed by atoms with Gasteiger partial charge in [-0.15, -0.1) is 0 Å². The summed E-state index contributed by atoms with van der Waals surface area (Å²) >= 11 is 0. The number of rotatable bonds is 7. The summed E-state index contributed by atoms with van der Waals surface area (Å²) in [6, 6.07) is 9.64. The van der Waals surface area contributed by atoms with E-state index in [9.17, 15) is 14.7 Å². The van der Waals surface area contributed by atoms with E-state index in [0.29, 0.717) is 12.3 Å². The number of fused-ring (bicyclic) bond motifs is 1. The standard InChI is InChI=1S/C24H32O4/c1-15(2)21-19(28-20(26)13-11-17-8-6-5-7-9-17)14-24(4)18(12-10-16(3)25)22(24)23(21)27/h5-9,11,13,15,18-19,21-23,27H,10,12,14H2,1-4H3/t18-,19-,21-,22+,23-,24+/m1/s1. The lowest BCUT2D eigenvalue weighted by Crippen LogP contribution is -2.45. The smallest absolute Gasteiger partial charge is 0.331 e. The highest BCUT2D eigenvalue weighted by Crippen LogP contribution is 2.69. The molecule has 1 aromatic rings. The van der Waals surface area contributed by atoms with Crippen molar-refractivity contribution < 1.29 is 19.4 Å². The molecule has 0 heterocycles. The van der Waals surface area contributed by atoms with Gasteiger partial charge in [-0.2, -0.15) is 0 Å². The summed E-state index contributed by atoms with van der Waals surface area (Å²) in [6.45, 7) is 7.93. The number of carbonyl (C=O) groups is 2. The van der Waals surface area contributed by atoms with Crippen LogP contribution in [0.15, 0.2) is 36.4 Å². The summed E-state index contributed by atoms with van der Waals surface area (Å²) in [7, 11) is 0. The van der Waals surface area contributed by atoms with Crippen LogP contribution in [0.1, 0.15) is 52.5 Å². The van der Waals surface area contributed by atoms with E-state index >= 15 is 0 Å². The number of aliphatic hydroxyl groups excluding tert-OH is 1. The lowest BCUT2D eigenvalue weighted by atomic mass is 9.73. The normalized spacial score (nSPS) is 34.3. The minimum absolute atomic E-state index is 0.0473. The molecular weight excluding hydrogens is 352 g/mol. The van der Waals surface area contributed by atoms with Gasteiger partial charge in [-0.3, -0.25) is 0 Å². The van der Waals surface area contributed by atoms with E-state index in [4.69, 9.17) is 4.74 Å². The van der Waals surface area contributed by atoms with Crippen LogP contribution >= 0.6 is 0 Å². The molecule has 0 bridgehead atoms. The summed E-state index contributed by atoms with van der Waals surface area (Å²) in [6.07, 6.45) is 4.55. The lowest BCUT2D eigenvalue weighted by Gasteiger charge is -2.39. The number of hydrogen-bond acceptors (Lipinski definition) is 4. The first-order valence-corrected chi connectivity index (χ1v) is 10.3. The maximum atomic E-state index is 12.4. The molecule has 6 atom stereocenters. The quantitative estimate of drug-likeness (QED) is 0.563. The molecule has 152 valence electrons. The third kappa shape index (κ3) is 4.22. The fraction of sp³-hybridized carbons (Fsp3) is 0.583. The maximum Gasteiger partial charge on any atom is 0.331 e. The predicted octanol–water partition coefficient (Wildman–Crippen LogP) is 4.27. The Kier molecular flexibility index (Phi) is 6.09. The second-order valence-corrected chi connectivity index (χ2v) is 9.11. The van der Waals surface area contributed by atoms with Crippen LogP contribution in [-0.4, -0.2) is 29.1 Å². The van der Waals surface area contributed by atoms with Crippen LogP contribution in [-0.2, 0) is 14.3 Å². The first kappa shape index (κ1) is 20.8. The van der Waals surface area contributed by atoms with Crippen LogP contribution in [0.2, 0.25) is 0 Å². The molecule has 28 heavy (non-hydrogen) atoms. The molecular formula is C24H32O4. The molecule has 4 nitrogen and oxygen atoms in total. The van der Waals surface area contributed by atoms with E-state index < -0.39 is 6.10 Å². The van der Waals surface area contributed by atoms with Crippen LogP contribution in [0.3, 0.4) is 0 Å². The molecule has 0 saturated heterocycles. The number of aliphatic hydroxyl groups is 1. The molecule has 2 aliphatic carbocycles. The number of hydrogen-bond donors (Lipinski definition) is 1. The Morgan fingerprint density at radius 1 is 1.29 bits per heavy atom. The second-order valence-electron chi connectivity index (χ2n) is 9.11. The van der Waals surface area contributed by atoms with Crippen LogP contribution < -0.4 is 0 Å². The molecule has 1 aromatic carbocycles. The van der Waals surface area contributed by atoms with Crippen LogP contribution in [0.25, 0.3) is 6.08 Å². The van der Waals surface area contributed by atoms with E-state index in [1.165, 1.54) is 6.08 Å². The van der Waals surface area contributed by atoms with Gasteiger partial charge in [-0.25, -0.2) is 4.79 Å². The summed E-state index contributed by atoms with van der Waals surface area (Å²) < 4.78 is 5.84. The van der Waals surface area contributed by atoms with E-state index in [-0.39, 0.29) is 41.0 Å². The van der Waals surface area contributed by atoms with Crippen molar-refractivity contribution in [2.45, 2.75) is 59.2 Å². The van der Waals surface area contributed by atoms with E-state index in [0.717, 1.165) is 18.4 Å². The number of carbonyl (C=O) groups excluding carboxylic acids is 2. The van der Waals surface area contributed by atoms with Crippen molar-refractivity contribution in [1.82, 2.24) is 0 Å².